The Morgan fingerprint density at radius 1 is 1.17 bits per heavy atom. The molecule has 1 aliphatic rings. The van der Waals surface area contributed by atoms with E-state index >= 15 is 0 Å². The van der Waals surface area contributed by atoms with Crippen LogP contribution in [0.5, 0.6) is 5.75 Å². The van der Waals surface area contributed by atoms with Crippen LogP contribution in [-0.4, -0.2) is 24.8 Å². The van der Waals surface area contributed by atoms with Crippen LogP contribution in [0.2, 0.25) is 0 Å². The predicted molar refractivity (Wildman–Crippen MR) is 93.1 cm³/mol. The quantitative estimate of drug-likeness (QED) is 0.861. The summed E-state index contributed by atoms with van der Waals surface area (Å²) in [5.74, 6) is 0.588. The van der Waals surface area contributed by atoms with Gasteiger partial charge in [0, 0.05) is 24.1 Å². The number of Topliss-reactive ketones (excluding diaryl/α,β-unsaturated/α-hetero) is 1. The van der Waals surface area contributed by atoms with E-state index < -0.39 is 0 Å². The van der Waals surface area contributed by atoms with Crippen molar-refractivity contribution in [2.75, 3.05) is 13.2 Å². The third-order valence-corrected chi connectivity index (χ3v) is 3.90. The molecule has 3 rings (SSSR count). The highest BCUT2D eigenvalue weighted by Crippen LogP contribution is 2.27. The zero-order valence-electron chi connectivity index (χ0n) is 13.5. The zero-order valence-corrected chi connectivity index (χ0v) is 13.5. The third-order valence-electron chi connectivity index (χ3n) is 3.90. The second-order valence-electron chi connectivity index (χ2n) is 5.64. The average molecular weight is 321 g/mol. The number of carbonyl (C=O) groups excluding carboxylic acids is 2. The maximum Gasteiger partial charge on any atom is 0.257 e. The molecule has 0 radical (unpaired) electrons. The number of nitrogens with one attached hydrogen (secondary N) is 1. The average Bonchev–Trinajstić information content (AvgIpc) is 2.91. The SMILES string of the molecule is CCNC(=O)COc1ccc(C=C2Cc3ccccc3C2=O)cc1. The van der Waals surface area contributed by atoms with E-state index in [4.69, 9.17) is 4.74 Å². The molecule has 2 aromatic rings. The Balaban J connectivity index is 1.67. The Bertz CT molecular complexity index is 791. The number of ether oxygens (including phenoxy) is 1. The highest BCUT2D eigenvalue weighted by atomic mass is 16.5. The van der Waals surface area contributed by atoms with Crippen molar-refractivity contribution in [3.8, 4) is 5.75 Å². The summed E-state index contributed by atoms with van der Waals surface area (Å²) >= 11 is 0. The molecule has 0 fully saturated rings. The number of fused-ring (bicyclic) bond motifs is 1. The number of benzene rings is 2. The fourth-order valence-corrected chi connectivity index (χ4v) is 2.73. The van der Waals surface area contributed by atoms with E-state index in [2.05, 4.69) is 5.32 Å². The first-order chi connectivity index (χ1) is 11.7. The number of likely N-dealkylation sites (N-methyl/N-ethyl adjacent to an activating group) is 1. The van der Waals surface area contributed by atoms with Crippen LogP contribution in [0.15, 0.2) is 54.1 Å². The molecule has 1 amide bonds. The standard InChI is InChI=1S/C20H19NO3/c1-2-21-19(22)13-24-17-9-7-14(8-10-17)11-16-12-15-5-3-4-6-18(15)20(16)23/h3-11H,2,12-13H2,1H3,(H,21,22). The van der Waals surface area contributed by atoms with E-state index in [1.165, 1.54) is 0 Å². The van der Waals surface area contributed by atoms with Gasteiger partial charge >= 0.3 is 0 Å². The number of hydrogen-bond donors (Lipinski definition) is 1. The van der Waals surface area contributed by atoms with Crippen molar-refractivity contribution in [1.29, 1.82) is 0 Å². The van der Waals surface area contributed by atoms with Crippen molar-refractivity contribution < 1.29 is 14.3 Å². The monoisotopic (exact) mass is 321 g/mol. The number of allylic oxidation sites excluding steroid dienone is 1. The largest absolute Gasteiger partial charge is 0.484 e. The van der Waals surface area contributed by atoms with Crippen LogP contribution in [0.25, 0.3) is 6.08 Å². The first-order valence-electron chi connectivity index (χ1n) is 8.00. The van der Waals surface area contributed by atoms with Crippen LogP contribution < -0.4 is 10.1 Å². The van der Waals surface area contributed by atoms with Crippen LogP contribution in [-0.2, 0) is 11.2 Å². The summed E-state index contributed by atoms with van der Waals surface area (Å²) in [6, 6.07) is 15.1. The zero-order chi connectivity index (χ0) is 16.9. The fraction of sp³-hybridized carbons (Fsp3) is 0.200. The lowest BCUT2D eigenvalue weighted by molar-refractivity contribution is -0.122. The summed E-state index contributed by atoms with van der Waals surface area (Å²) in [4.78, 5) is 23.7. The molecular formula is C20H19NO3. The van der Waals surface area contributed by atoms with Crippen molar-refractivity contribution in [3.05, 3.63) is 70.8 Å². The van der Waals surface area contributed by atoms with Gasteiger partial charge in [-0.1, -0.05) is 36.4 Å². The molecule has 0 bridgehead atoms. The molecule has 0 aromatic heterocycles. The summed E-state index contributed by atoms with van der Waals surface area (Å²) in [7, 11) is 0. The number of amides is 1. The minimum Gasteiger partial charge on any atom is -0.484 e. The fourth-order valence-electron chi connectivity index (χ4n) is 2.73. The second kappa shape index (κ2) is 7.13. The van der Waals surface area contributed by atoms with Crippen LogP contribution >= 0.6 is 0 Å². The van der Waals surface area contributed by atoms with Gasteiger partial charge in [0.25, 0.3) is 5.91 Å². The number of hydrogen-bond acceptors (Lipinski definition) is 3. The number of ketones is 1. The number of rotatable bonds is 5. The molecule has 0 saturated carbocycles. The van der Waals surface area contributed by atoms with Crippen molar-refractivity contribution >= 4 is 17.8 Å². The number of carbonyl (C=O) groups is 2. The molecule has 4 nitrogen and oxygen atoms in total. The smallest absolute Gasteiger partial charge is 0.257 e. The summed E-state index contributed by atoms with van der Waals surface area (Å²) in [6.45, 7) is 2.45. The molecular weight excluding hydrogens is 302 g/mol. The van der Waals surface area contributed by atoms with Crippen LogP contribution in [0.4, 0.5) is 0 Å². The van der Waals surface area contributed by atoms with Gasteiger partial charge in [-0.3, -0.25) is 9.59 Å². The molecule has 0 aliphatic heterocycles. The normalized spacial score (nSPS) is 14.5. The minimum atomic E-state index is -0.141. The lowest BCUT2D eigenvalue weighted by atomic mass is 10.1. The molecule has 1 aliphatic carbocycles. The molecule has 2 aromatic carbocycles. The van der Waals surface area contributed by atoms with Gasteiger partial charge in [-0.25, -0.2) is 0 Å². The Morgan fingerprint density at radius 2 is 1.92 bits per heavy atom. The summed E-state index contributed by atoms with van der Waals surface area (Å²) in [6.07, 6.45) is 2.58. The Labute approximate surface area is 141 Å². The maximum atomic E-state index is 12.4. The van der Waals surface area contributed by atoms with E-state index in [-0.39, 0.29) is 18.3 Å². The van der Waals surface area contributed by atoms with E-state index in [9.17, 15) is 9.59 Å². The summed E-state index contributed by atoms with van der Waals surface area (Å²) in [5.41, 5.74) is 3.62. The van der Waals surface area contributed by atoms with Crippen molar-refractivity contribution in [1.82, 2.24) is 5.32 Å². The summed E-state index contributed by atoms with van der Waals surface area (Å²) < 4.78 is 5.42. The van der Waals surface area contributed by atoms with Crippen molar-refractivity contribution in [3.63, 3.8) is 0 Å². The van der Waals surface area contributed by atoms with Crippen LogP contribution in [0.3, 0.4) is 0 Å². The molecule has 0 spiro atoms. The summed E-state index contributed by atoms with van der Waals surface area (Å²) in [5, 5.41) is 2.68. The van der Waals surface area contributed by atoms with Gasteiger partial charge < -0.3 is 10.1 Å². The van der Waals surface area contributed by atoms with Crippen molar-refractivity contribution in [2.24, 2.45) is 0 Å². The Morgan fingerprint density at radius 3 is 2.62 bits per heavy atom. The van der Waals surface area contributed by atoms with Gasteiger partial charge in [-0.05, 0) is 36.3 Å². The molecule has 0 saturated heterocycles. The van der Waals surface area contributed by atoms with Gasteiger partial charge in [0.05, 0.1) is 0 Å². The van der Waals surface area contributed by atoms with Crippen LogP contribution in [0.1, 0.15) is 28.4 Å². The minimum absolute atomic E-state index is 0.00205. The molecule has 122 valence electrons. The first-order valence-corrected chi connectivity index (χ1v) is 8.00. The van der Waals surface area contributed by atoms with Gasteiger partial charge in [0.1, 0.15) is 5.75 Å². The molecule has 4 heteroatoms. The van der Waals surface area contributed by atoms with Crippen molar-refractivity contribution in [2.45, 2.75) is 13.3 Å². The van der Waals surface area contributed by atoms with E-state index in [0.717, 1.165) is 22.3 Å². The van der Waals surface area contributed by atoms with E-state index in [1.807, 2.05) is 49.4 Å². The van der Waals surface area contributed by atoms with Gasteiger partial charge in [0.15, 0.2) is 12.4 Å². The molecule has 0 heterocycles. The predicted octanol–water partition coefficient (Wildman–Crippen LogP) is 3.02. The third kappa shape index (κ3) is 3.54. The molecule has 1 N–H and O–H groups in total. The highest BCUT2D eigenvalue weighted by molar-refractivity contribution is 6.15. The highest BCUT2D eigenvalue weighted by Gasteiger charge is 2.23. The Kier molecular flexibility index (Phi) is 4.75. The topological polar surface area (TPSA) is 55.4 Å². The lowest BCUT2D eigenvalue weighted by Crippen LogP contribution is -2.28. The second-order valence-corrected chi connectivity index (χ2v) is 5.64. The lowest BCUT2D eigenvalue weighted by Gasteiger charge is -2.06. The van der Waals surface area contributed by atoms with Gasteiger partial charge in [0.2, 0.25) is 0 Å². The molecule has 0 unspecified atom stereocenters. The Hall–Kier alpha value is -2.88. The first kappa shape index (κ1) is 16.0. The molecule has 24 heavy (non-hydrogen) atoms. The maximum absolute atomic E-state index is 12.4. The van der Waals surface area contributed by atoms with Crippen LogP contribution in [0, 0.1) is 0 Å². The van der Waals surface area contributed by atoms with Gasteiger partial charge in [-0.15, -0.1) is 0 Å². The van der Waals surface area contributed by atoms with Gasteiger partial charge in [-0.2, -0.15) is 0 Å². The molecule has 0 atom stereocenters. The van der Waals surface area contributed by atoms with E-state index in [0.29, 0.717) is 18.7 Å². The van der Waals surface area contributed by atoms with E-state index in [1.54, 1.807) is 12.1 Å².